The number of hydrogen-bond donors (Lipinski definition) is 0. The molecule has 0 spiro atoms. The van der Waals surface area contributed by atoms with Crippen molar-refractivity contribution in [3.05, 3.63) is 40.4 Å². The predicted octanol–water partition coefficient (Wildman–Crippen LogP) is 5.03. The van der Waals surface area contributed by atoms with E-state index < -0.39 is 0 Å². The zero-order valence-electron chi connectivity index (χ0n) is 12.1. The Kier molecular flexibility index (Phi) is 5.58. The lowest BCUT2D eigenvalue weighted by molar-refractivity contribution is 0.0967. The highest BCUT2D eigenvalue weighted by atomic mass is 35.5. The third-order valence-electron chi connectivity index (χ3n) is 2.99. The van der Waals surface area contributed by atoms with Crippen molar-refractivity contribution in [1.29, 1.82) is 0 Å². The van der Waals surface area contributed by atoms with Gasteiger partial charge in [-0.2, -0.15) is 0 Å². The van der Waals surface area contributed by atoms with Crippen LogP contribution in [0.4, 0.5) is 0 Å². The maximum absolute atomic E-state index is 5.79. The summed E-state index contributed by atoms with van der Waals surface area (Å²) in [6.07, 6.45) is 0. The van der Waals surface area contributed by atoms with Crippen molar-refractivity contribution >= 4 is 22.9 Å². The Morgan fingerprint density at radius 1 is 1.35 bits per heavy atom. The lowest BCUT2D eigenvalue weighted by Crippen LogP contribution is -2.02. The van der Waals surface area contributed by atoms with E-state index in [2.05, 4.69) is 44.0 Å². The summed E-state index contributed by atoms with van der Waals surface area (Å²) in [5, 5.41) is 3.04. The number of nitrogens with zero attached hydrogens (tertiary/aromatic N) is 1. The van der Waals surface area contributed by atoms with E-state index in [1.807, 2.05) is 5.38 Å². The molecule has 0 N–H and O–H groups in total. The van der Waals surface area contributed by atoms with Crippen LogP contribution in [-0.4, -0.2) is 11.6 Å². The van der Waals surface area contributed by atoms with Gasteiger partial charge in [0.15, 0.2) is 0 Å². The van der Waals surface area contributed by atoms with Crippen molar-refractivity contribution < 1.29 is 4.74 Å². The summed E-state index contributed by atoms with van der Waals surface area (Å²) >= 11 is 7.43. The Labute approximate surface area is 129 Å². The molecule has 1 aromatic carbocycles. The highest BCUT2D eigenvalue weighted by molar-refractivity contribution is 7.13. The molecule has 0 aliphatic rings. The lowest BCUT2D eigenvalue weighted by Gasteiger charge is -2.10. The predicted molar refractivity (Wildman–Crippen MR) is 86.3 cm³/mol. The second-order valence-electron chi connectivity index (χ2n) is 5.33. The van der Waals surface area contributed by atoms with E-state index in [-0.39, 0.29) is 0 Å². The molecule has 4 heteroatoms. The van der Waals surface area contributed by atoms with E-state index >= 15 is 0 Å². The van der Waals surface area contributed by atoms with E-state index in [1.165, 1.54) is 11.1 Å². The summed E-state index contributed by atoms with van der Waals surface area (Å²) in [4.78, 5) is 4.51. The van der Waals surface area contributed by atoms with Crippen LogP contribution in [0, 0.1) is 12.8 Å². The highest BCUT2D eigenvalue weighted by Crippen LogP contribution is 2.26. The number of aryl methyl sites for hydroxylation is 1. The number of halogens is 1. The average molecular weight is 310 g/mol. The smallest absolute Gasteiger partial charge is 0.123 e. The monoisotopic (exact) mass is 309 g/mol. The molecule has 20 heavy (non-hydrogen) atoms. The first-order valence-electron chi connectivity index (χ1n) is 6.78. The van der Waals surface area contributed by atoms with E-state index in [4.69, 9.17) is 16.3 Å². The van der Waals surface area contributed by atoms with Gasteiger partial charge in [-0.3, -0.25) is 0 Å². The van der Waals surface area contributed by atoms with Crippen molar-refractivity contribution in [2.75, 3.05) is 6.61 Å². The normalized spacial score (nSPS) is 11.2. The fourth-order valence-electron chi connectivity index (χ4n) is 1.90. The van der Waals surface area contributed by atoms with Gasteiger partial charge in [-0.1, -0.05) is 26.0 Å². The first-order chi connectivity index (χ1) is 9.60. The summed E-state index contributed by atoms with van der Waals surface area (Å²) in [6, 6.07) is 6.41. The molecule has 0 amide bonds. The number of ether oxygens (including phenoxy) is 1. The summed E-state index contributed by atoms with van der Waals surface area (Å²) in [7, 11) is 0. The van der Waals surface area contributed by atoms with Crippen LogP contribution in [0.5, 0.6) is 0 Å². The number of benzene rings is 1. The number of hydrogen-bond acceptors (Lipinski definition) is 3. The summed E-state index contributed by atoms with van der Waals surface area (Å²) in [6.45, 7) is 7.91. The van der Waals surface area contributed by atoms with Gasteiger partial charge in [0.05, 0.1) is 18.2 Å². The van der Waals surface area contributed by atoms with Gasteiger partial charge < -0.3 is 4.74 Å². The second-order valence-corrected chi connectivity index (χ2v) is 6.45. The largest absolute Gasteiger partial charge is 0.376 e. The van der Waals surface area contributed by atoms with Crippen molar-refractivity contribution in [2.45, 2.75) is 33.3 Å². The number of aromatic nitrogens is 1. The Morgan fingerprint density at radius 2 is 2.15 bits per heavy atom. The maximum atomic E-state index is 5.79. The van der Waals surface area contributed by atoms with Gasteiger partial charge in [0.2, 0.25) is 0 Å². The summed E-state index contributed by atoms with van der Waals surface area (Å²) in [5.74, 6) is 1.04. The number of rotatable bonds is 6. The van der Waals surface area contributed by atoms with Crippen LogP contribution < -0.4 is 0 Å². The van der Waals surface area contributed by atoms with Crippen LogP contribution in [0.3, 0.4) is 0 Å². The molecule has 2 nitrogen and oxygen atoms in total. The fourth-order valence-corrected chi connectivity index (χ4v) is 2.94. The van der Waals surface area contributed by atoms with Crippen LogP contribution in [0.2, 0.25) is 0 Å². The molecule has 2 rings (SSSR count). The van der Waals surface area contributed by atoms with Crippen LogP contribution in [0.1, 0.15) is 30.7 Å². The minimum Gasteiger partial charge on any atom is -0.376 e. The van der Waals surface area contributed by atoms with Gasteiger partial charge in [-0.05, 0) is 30.0 Å². The molecule has 0 atom stereocenters. The van der Waals surface area contributed by atoms with Gasteiger partial charge in [0.25, 0.3) is 0 Å². The highest BCUT2D eigenvalue weighted by Gasteiger charge is 2.07. The van der Waals surface area contributed by atoms with Crippen molar-refractivity contribution in [2.24, 2.45) is 5.92 Å². The Bertz CT molecular complexity index is 565. The van der Waals surface area contributed by atoms with Gasteiger partial charge in [0.1, 0.15) is 5.01 Å². The van der Waals surface area contributed by atoms with Crippen LogP contribution in [0.15, 0.2) is 23.6 Å². The zero-order chi connectivity index (χ0) is 14.5. The average Bonchev–Trinajstić information content (AvgIpc) is 2.89. The van der Waals surface area contributed by atoms with Crippen LogP contribution >= 0.6 is 22.9 Å². The van der Waals surface area contributed by atoms with Gasteiger partial charge in [0, 0.05) is 17.6 Å². The first kappa shape index (κ1) is 15.5. The molecule has 0 unspecified atom stereocenters. The Morgan fingerprint density at radius 3 is 2.75 bits per heavy atom. The molecule has 0 radical (unpaired) electrons. The molecule has 0 saturated heterocycles. The lowest BCUT2D eigenvalue weighted by atomic mass is 10.1. The first-order valence-corrected chi connectivity index (χ1v) is 8.19. The van der Waals surface area contributed by atoms with Crippen molar-refractivity contribution in [3.8, 4) is 10.6 Å². The topological polar surface area (TPSA) is 22.1 Å². The third-order valence-corrected chi connectivity index (χ3v) is 4.20. The fraction of sp³-hybridized carbons (Fsp3) is 0.438. The molecule has 0 fully saturated rings. The quantitative estimate of drug-likeness (QED) is 0.698. The molecule has 1 heterocycles. The molecule has 108 valence electrons. The van der Waals surface area contributed by atoms with Crippen LogP contribution in [-0.2, 0) is 17.2 Å². The number of alkyl halides is 1. The molecule has 0 aliphatic carbocycles. The zero-order valence-corrected chi connectivity index (χ0v) is 13.7. The van der Waals surface area contributed by atoms with E-state index in [9.17, 15) is 0 Å². The Balaban J connectivity index is 2.09. The molecule has 0 aliphatic heterocycles. The Hall–Kier alpha value is -0.900. The van der Waals surface area contributed by atoms with E-state index in [0.29, 0.717) is 18.4 Å². The molecular weight excluding hydrogens is 290 g/mol. The summed E-state index contributed by atoms with van der Waals surface area (Å²) < 4.78 is 5.70. The van der Waals surface area contributed by atoms with E-state index in [0.717, 1.165) is 22.9 Å². The molecule has 2 aromatic rings. The van der Waals surface area contributed by atoms with E-state index in [1.54, 1.807) is 11.3 Å². The molecule has 0 bridgehead atoms. The molecule has 0 saturated carbocycles. The maximum Gasteiger partial charge on any atom is 0.123 e. The second kappa shape index (κ2) is 7.21. The van der Waals surface area contributed by atoms with Crippen molar-refractivity contribution in [1.82, 2.24) is 4.98 Å². The third kappa shape index (κ3) is 4.05. The molecule has 1 aromatic heterocycles. The number of thiazole rings is 1. The minimum absolute atomic E-state index is 0.469. The standard InChI is InChI=1S/C16H20ClNOS/c1-11(2)8-19-9-14-5-4-13(6-12(14)3)16-18-15(7-17)10-20-16/h4-6,10-11H,7-9H2,1-3H3. The van der Waals surface area contributed by atoms with Crippen LogP contribution in [0.25, 0.3) is 10.6 Å². The minimum atomic E-state index is 0.469. The van der Waals surface area contributed by atoms with Gasteiger partial charge in [-0.25, -0.2) is 4.98 Å². The summed E-state index contributed by atoms with van der Waals surface area (Å²) in [5.41, 5.74) is 4.57. The van der Waals surface area contributed by atoms with Crippen molar-refractivity contribution in [3.63, 3.8) is 0 Å². The molecular formula is C16H20ClNOS. The van der Waals surface area contributed by atoms with Gasteiger partial charge in [-0.15, -0.1) is 22.9 Å². The van der Waals surface area contributed by atoms with Gasteiger partial charge >= 0.3 is 0 Å². The SMILES string of the molecule is Cc1cc(-c2nc(CCl)cs2)ccc1COCC(C)C.